The van der Waals surface area contributed by atoms with Crippen molar-refractivity contribution in [2.24, 2.45) is 5.10 Å². The van der Waals surface area contributed by atoms with Crippen LogP contribution in [0.5, 0.6) is 0 Å². The third kappa shape index (κ3) is 7.47. The number of hydrazone groups is 1. The first kappa shape index (κ1) is 8.47. The molecule has 0 fully saturated rings. The first-order chi connectivity index (χ1) is 4.27. The van der Waals surface area contributed by atoms with Gasteiger partial charge in [-0.1, -0.05) is 13.3 Å². The van der Waals surface area contributed by atoms with E-state index in [1.807, 2.05) is 13.8 Å². The average Bonchev–Trinajstić information content (AvgIpc) is 1.80. The summed E-state index contributed by atoms with van der Waals surface area (Å²) in [5, 5.41) is 4.03. The van der Waals surface area contributed by atoms with Gasteiger partial charge in [-0.15, -0.1) is 0 Å². The molecule has 0 heterocycles. The maximum absolute atomic E-state index is 4.03. The van der Waals surface area contributed by atoms with E-state index in [4.69, 9.17) is 0 Å². The summed E-state index contributed by atoms with van der Waals surface area (Å²) in [7, 11) is 0. The van der Waals surface area contributed by atoms with E-state index in [0.717, 1.165) is 12.3 Å². The Bertz CT molecular complexity index is 82.9. The second-order valence-electron chi connectivity index (χ2n) is 2.32. The Morgan fingerprint density at radius 2 is 2.11 bits per heavy atom. The number of unbranched alkanes of at least 4 members (excludes halogenated alkanes) is 1. The van der Waals surface area contributed by atoms with Gasteiger partial charge in [-0.3, -0.25) is 0 Å². The van der Waals surface area contributed by atoms with Crippen LogP contribution in [0.15, 0.2) is 5.10 Å². The predicted molar refractivity (Wildman–Crippen MR) is 41.7 cm³/mol. The third-order valence-corrected chi connectivity index (χ3v) is 0.945. The van der Waals surface area contributed by atoms with Crippen molar-refractivity contribution in [2.45, 2.75) is 33.6 Å². The van der Waals surface area contributed by atoms with Gasteiger partial charge in [0.05, 0.1) is 0 Å². The van der Waals surface area contributed by atoms with E-state index >= 15 is 0 Å². The van der Waals surface area contributed by atoms with Gasteiger partial charge >= 0.3 is 0 Å². The highest BCUT2D eigenvalue weighted by Gasteiger charge is 1.79. The van der Waals surface area contributed by atoms with Crippen molar-refractivity contribution in [3.05, 3.63) is 0 Å². The highest BCUT2D eigenvalue weighted by Crippen LogP contribution is 1.81. The van der Waals surface area contributed by atoms with Crippen LogP contribution in [0.2, 0.25) is 0 Å². The lowest BCUT2D eigenvalue weighted by atomic mass is 10.3. The normalized spacial score (nSPS) is 8.78. The van der Waals surface area contributed by atoms with Gasteiger partial charge in [-0.25, -0.2) is 0 Å². The molecule has 0 aromatic heterocycles. The molecule has 0 aliphatic rings. The third-order valence-electron chi connectivity index (χ3n) is 0.945. The molecule has 2 heteroatoms. The van der Waals surface area contributed by atoms with Gasteiger partial charge in [-0.2, -0.15) is 5.10 Å². The van der Waals surface area contributed by atoms with Crippen LogP contribution >= 0.6 is 0 Å². The summed E-state index contributed by atoms with van der Waals surface area (Å²) in [5.74, 6) is 0. The summed E-state index contributed by atoms with van der Waals surface area (Å²) in [6.45, 7) is 7.14. The molecule has 0 bridgehead atoms. The monoisotopic (exact) mass is 128 g/mol. The van der Waals surface area contributed by atoms with Crippen LogP contribution in [-0.2, 0) is 0 Å². The number of hydrogen-bond donors (Lipinski definition) is 1. The van der Waals surface area contributed by atoms with E-state index < -0.39 is 0 Å². The van der Waals surface area contributed by atoms with Crippen molar-refractivity contribution < 1.29 is 0 Å². The lowest BCUT2D eigenvalue weighted by Gasteiger charge is -1.96. The number of nitrogens with one attached hydrogen (secondary N) is 1. The highest BCUT2D eigenvalue weighted by molar-refractivity contribution is 5.78. The second kappa shape index (κ2) is 5.60. The van der Waals surface area contributed by atoms with Gasteiger partial charge in [0.2, 0.25) is 0 Å². The first-order valence-corrected chi connectivity index (χ1v) is 3.51. The van der Waals surface area contributed by atoms with Gasteiger partial charge in [0.1, 0.15) is 0 Å². The first-order valence-electron chi connectivity index (χ1n) is 3.51. The molecule has 54 valence electrons. The lowest BCUT2D eigenvalue weighted by molar-refractivity contribution is 0.671. The van der Waals surface area contributed by atoms with Crippen molar-refractivity contribution in [1.82, 2.24) is 5.43 Å². The summed E-state index contributed by atoms with van der Waals surface area (Å²) in [5.41, 5.74) is 4.06. The Labute approximate surface area is 57.3 Å². The zero-order chi connectivity index (χ0) is 7.11. The molecule has 0 unspecified atom stereocenters. The van der Waals surface area contributed by atoms with Crippen molar-refractivity contribution in [1.29, 1.82) is 0 Å². The average molecular weight is 128 g/mol. The van der Waals surface area contributed by atoms with Crippen molar-refractivity contribution in [3.63, 3.8) is 0 Å². The topological polar surface area (TPSA) is 24.4 Å². The van der Waals surface area contributed by atoms with Crippen LogP contribution in [0.25, 0.3) is 0 Å². The molecule has 0 aromatic rings. The molecule has 0 rings (SSSR count). The number of rotatable bonds is 4. The van der Waals surface area contributed by atoms with E-state index in [9.17, 15) is 0 Å². The van der Waals surface area contributed by atoms with Gasteiger partial charge in [0, 0.05) is 12.3 Å². The standard InChI is InChI=1S/C7H16N2/c1-4-5-6-8-9-7(2)3/h8H,4-6H2,1-3H3. The molecule has 0 spiro atoms. The largest absolute Gasteiger partial charge is 0.310 e. The summed E-state index contributed by atoms with van der Waals surface area (Å²) in [6.07, 6.45) is 2.43. The summed E-state index contributed by atoms with van der Waals surface area (Å²) >= 11 is 0. The maximum Gasteiger partial charge on any atom is 0.0329 e. The molecule has 2 nitrogen and oxygen atoms in total. The minimum absolute atomic E-state index is 1.00. The van der Waals surface area contributed by atoms with Gasteiger partial charge in [0.15, 0.2) is 0 Å². The van der Waals surface area contributed by atoms with E-state index in [-0.39, 0.29) is 0 Å². The Balaban J connectivity index is 3.00. The Morgan fingerprint density at radius 1 is 1.44 bits per heavy atom. The van der Waals surface area contributed by atoms with Crippen LogP contribution in [0.3, 0.4) is 0 Å². The molecule has 0 aromatic carbocycles. The number of hydrogen-bond acceptors (Lipinski definition) is 2. The molecule has 0 saturated heterocycles. The van der Waals surface area contributed by atoms with E-state index in [1.54, 1.807) is 0 Å². The Morgan fingerprint density at radius 3 is 2.56 bits per heavy atom. The molecule has 0 saturated carbocycles. The van der Waals surface area contributed by atoms with Gasteiger partial charge < -0.3 is 5.43 Å². The van der Waals surface area contributed by atoms with E-state index in [0.29, 0.717) is 0 Å². The van der Waals surface area contributed by atoms with Crippen LogP contribution in [0.1, 0.15) is 33.6 Å². The van der Waals surface area contributed by atoms with Crippen LogP contribution < -0.4 is 5.43 Å². The van der Waals surface area contributed by atoms with Gasteiger partial charge in [0.25, 0.3) is 0 Å². The minimum Gasteiger partial charge on any atom is -0.310 e. The van der Waals surface area contributed by atoms with Crippen molar-refractivity contribution in [3.8, 4) is 0 Å². The summed E-state index contributed by atoms with van der Waals surface area (Å²) in [4.78, 5) is 0. The molecule has 0 atom stereocenters. The van der Waals surface area contributed by atoms with Crippen LogP contribution in [-0.4, -0.2) is 12.3 Å². The zero-order valence-electron chi connectivity index (χ0n) is 6.57. The van der Waals surface area contributed by atoms with Crippen LogP contribution in [0, 0.1) is 0 Å². The quantitative estimate of drug-likeness (QED) is 0.348. The SMILES string of the molecule is CCCCNN=C(C)C. The Kier molecular flexibility index (Phi) is 5.27. The smallest absolute Gasteiger partial charge is 0.0329 e. The summed E-state index contributed by atoms with van der Waals surface area (Å²) < 4.78 is 0. The fourth-order valence-corrected chi connectivity index (χ4v) is 0.470. The minimum atomic E-state index is 1.00. The highest BCUT2D eigenvalue weighted by atomic mass is 15.3. The van der Waals surface area contributed by atoms with E-state index in [2.05, 4.69) is 17.5 Å². The van der Waals surface area contributed by atoms with Crippen LogP contribution in [0.4, 0.5) is 0 Å². The molecule has 0 radical (unpaired) electrons. The van der Waals surface area contributed by atoms with Crippen molar-refractivity contribution >= 4 is 5.71 Å². The number of nitrogens with zero attached hydrogens (tertiary/aromatic N) is 1. The second-order valence-corrected chi connectivity index (χ2v) is 2.32. The lowest BCUT2D eigenvalue weighted by Crippen LogP contribution is -2.08. The van der Waals surface area contributed by atoms with E-state index in [1.165, 1.54) is 12.8 Å². The summed E-state index contributed by atoms with van der Waals surface area (Å²) in [6, 6.07) is 0. The van der Waals surface area contributed by atoms with Crippen molar-refractivity contribution in [2.75, 3.05) is 6.54 Å². The molecule has 1 N–H and O–H groups in total. The maximum atomic E-state index is 4.03. The zero-order valence-corrected chi connectivity index (χ0v) is 6.57. The molecule has 0 amide bonds. The molecule has 0 aliphatic carbocycles. The molecular formula is C7H16N2. The molecular weight excluding hydrogens is 112 g/mol. The Hall–Kier alpha value is -0.530. The molecule has 0 aliphatic heterocycles. The fourth-order valence-electron chi connectivity index (χ4n) is 0.470. The van der Waals surface area contributed by atoms with Gasteiger partial charge in [-0.05, 0) is 20.3 Å². The predicted octanol–water partition coefficient (Wildman–Crippen LogP) is 1.77. The molecule has 9 heavy (non-hydrogen) atoms. The fraction of sp³-hybridized carbons (Fsp3) is 0.857.